The number of ether oxygens (including phenoxy) is 2. The zero-order valence-electron chi connectivity index (χ0n) is 11.5. The Bertz CT molecular complexity index is 584. The van der Waals surface area contributed by atoms with Gasteiger partial charge in [0.25, 0.3) is 0 Å². The van der Waals surface area contributed by atoms with Gasteiger partial charge in [-0.1, -0.05) is 23.7 Å². The molecule has 0 amide bonds. The summed E-state index contributed by atoms with van der Waals surface area (Å²) in [4.78, 5) is 0. The minimum absolute atomic E-state index is 0.174. The number of aliphatic hydroxyl groups is 1. The lowest BCUT2D eigenvalue weighted by atomic mass is 10.0. The minimum atomic E-state index is -0.695. The van der Waals surface area contributed by atoms with Crippen molar-refractivity contribution in [3.63, 3.8) is 0 Å². The quantitative estimate of drug-likeness (QED) is 0.912. The average molecular weight is 293 g/mol. The summed E-state index contributed by atoms with van der Waals surface area (Å²) in [6, 6.07) is 12.7. The predicted octanol–water partition coefficient (Wildman–Crippen LogP) is 3.77. The molecule has 2 aromatic rings. The lowest BCUT2D eigenvalue weighted by molar-refractivity contribution is 0.107. The van der Waals surface area contributed by atoms with E-state index >= 15 is 0 Å². The molecule has 1 atom stereocenters. The van der Waals surface area contributed by atoms with Gasteiger partial charge in [-0.2, -0.15) is 0 Å². The summed E-state index contributed by atoms with van der Waals surface area (Å²) in [5, 5.41) is 10.8. The van der Waals surface area contributed by atoms with Crippen molar-refractivity contribution in [1.82, 2.24) is 0 Å². The maximum atomic E-state index is 10.2. The van der Waals surface area contributed by atoms with E-state index in [9.17, 15) is 5.11 Å². The highest BCUT2D eigenvalue weighted by Crippen LogP contribution is 2.24. The van der Waals surface area contributed by atoms with Crippen LogP contribution in [0.2, 0.25) is 5.02 Å². The largest absolute Gasteiger partial charge is 0.497 e. The van der Waals surface area contributed by atoms with Crippen LogP contribution < -0.4 is 9.47 Å². The van der Waals surface area contributed by atoms with E-state index in [0.29, 0.717) is 10.8 Å². The third-order valence-corrected chi connectivity index (χ3v) is 3.28. The molecule has 2 rings (SSSR count). The van der Waals surface area contributed by atoms with E-state index in [-0.39, 0.29) is 6.61 Å². The first-order valence-corrected chi connectivity index (χ1v) is 6.69. The van der Waals surface area contributed by atoms with Crippen molar-refractivity contribution in [1.29, 1.82) is 0 Å². The topological polar surface area (TPSA) is 38.7 Å². The van der Waals surface area contributed by atoms with Crippen molar-refractivity contribution in [3.05, 3.63) is 58.6 Å². The Morgan fingerprint density at radius 1 is 1.15 bits per heavy atom. The molecule has 106 valence electrons. The van der Waals surface area contributed by atoms with E-state index in [1.165, 1.54) is 0 Å². The molecule has 4 heteroatoms. The number of methoxy groups -OCH3 is 1. The van der Waals surface area contributed by atoms with Crippen LogP contribution in [0.25, 0.3) is 0 Å². The molecule has 0 aromatic heterocycles. The number of halogens is 1. The highest BCUT2D eigenvalue weighted by Gasteiger charge is 2.12. The van der Waals surface area contributed by atoms with E-state index in [2.05, 4.69) is 0 Å². The second-order valence-electron chi connectivity index (χ2n) is 4.51. The normalized spacial score (nSPS) is 12.0. The summed E-state index contributed by atoms with van der Waals surface area (Å²) in [6.07, 6.45) is -0.695. The SMILES string of the molecule is COc1ccc(C(O)COc2cccc(Cl)c2)c(C)c1. The minimum Gasteiger partial charge on any atom is -0.497 e. The second-order valence-corrected chi connectivity index (χ2v) is 4.94. The van der Waals surface area contributed by atoms with Crippen LogP contribution >= 0.6 is 11.6 Å². The Hall–Kier alpha value is -1.71. The van der Waals surface area contributed by atoms with Gasteiger partial charge in [-0.25, -0.2) is 0 Å². The molecule has 0 fully saturated rings. The molecule has 0 heterocycles. The van der Waals surface area contributed by atoms with Crippen LogP contribution in [-0.2, 0) is 0 Å². The molecule has 20 heavy (non-hydrogen) atoms. The molecular weight excluding hydrogens is 276 g/mol. The van der Waals surface area contributed by atoms with Crippen LogP contribution in [0.4, 0.5) is 0 Å². The van der Waals surface area contributed by atoms with Crippen molar-refractivity contribution in [2.45, 2.75) is 13.0 Å². The molecular formula is C16H17ClO3. The lowest BCUT2D eigenvalue weighted by Crippen LogP contribution is -2.11. The molecule has 0 spiro atoms. The maximum absolute atomic E-state index is 10.2. The Labute approximate surface area is 123 Å². The van der Waals surface area contributed by atoms with Crippen LogP contribution in [0.3, 0.4) is 0 Å². The second kappa shape index (κ2) is 6.64. The molecule has 3 nitrogen and oxygen atoms in total. The molecule has 0 radical (unpaired) electrons. The fourth-order valence-electron chi connectivity index (χ4n) is 1.97. The highest BCUT2D eigenvalue weighted by molar-refractivity contribution is 6.30. The number of aliphatic hydroxyl groups excluding tert-OH is 1. The van der Waals surface area contributed by atoms with Gasteiger partial charge in [0.05, 0.1) is 7.11 Å². The van der Waals surface area contributed by atoms with Crippen molar-refractivity contribution in [3.8, 4) is 11.5 Å². The molecule has 1 N–H and O–H groups in total. The van der Waals surface area contributed by atoms with Gasteiger partial charge in [0.2, 0.25) is 0 Å². The first kappa shape index (κ1) is 14.7. The Balaban J connectivity index is 2.03. The van der Waals surface area contributed by atoms with Gasteiger partial charge >= 0.3 is 0 Å². The summed E-state index contributed by atoms with van der Waals surface area (Å²) in [7, 11) is 1.62. The van der Waals surface area contributed by atoms with Crippen molar-refractivity contribution >= 4 is 11.6 Å². The van der Waals surface area contributed by atoms with Crippen LogP contribution in [0.5, 0.6) is 11.5 Å². The standard InChI is InChI=1S/C16H17ClO3/c1-11-8-13(19-2)6-7-15(11)16(18)10-20-14-5-3-4-12(17)9-14/h3-9,16,18H,10H2,1-2H3. The van der Waals surface area contributed by atoms with E-state index in [4.69, 9.17) is 21.1 Å². The Morgan fingerprint density at radius 2 is 1.95 bits per heavy atom. The van der Waals surface area contributed by atoms with Gasteiger partial charge in [0, 0.05) is 5.02 Å². The molecule has 2 aromatic carbocycles. The van der Waals surface area contributed by atoms with Crippen LogP contribution in [0, 0.1) is 6.92 Å². The fraction of sp³-hybridized carbons (Fsp3) is 0.250. The highest BCUT2D eigenvalue weighted by atomic mass is 35.5. The summed E-state index contributed by atoms with van der Waals surface area (Å²) in [6.45, 7) is 2.11. The number of aryl methyl sites for hydroxylation is 1. The van der Waals surface area contributed by atoms with Crippen LogP contribution in [0.1, 0.15) is 17.2 Å². The van der Waals surface area contributed by atoms with Gasteiger partial charge < -0.3 is 14.6 Å². The number of hydrogen-bond acceptors (Lipinski definition) is 3. The van der Waals surface area contributed by atoms with E-state index < -0.39 is 6.10 Å². The van der Waals surface area contributed by atoms with Gasteiger partial charge in [-0.3, -0.25) is 0 Å². The zero-order chi connectivity index (χ0) is 14.5. The number of hydrogen-bond donors (Lipinski definition) is 1. The van der Waals surface area contributed by atoms with E-state index in [1.54, 1.807) is 25.3 Å². The average Bonchev–Trinajstić information content (AvgIpc) is 2.44. The smallest absolute Gasteiger partial charge is 0.120 e. The van der Waals surface area contributed by atoms with Crippen LogP contribution in [-0.4, -0.2) is 18.8 Å². The summed E-state index contributed by atoms with van der Waals surface area (Å²) >= 11 is 5.88. The molecule has 0 aliphatic carbocycles. The van der Waals surface area contributed by atoms with E-state index in [1.807, 2.05) is 31.2 Å². The summed E-state index contributed by atoms with van der Waals surface area (Å²) < 4.78 is 10.7. The lowest BCUT2D eigenvalue weighted by Gasteiger charge is -2.15. The third kappa shape index (κ3) is 3.65. The van der Waals surface area contributed by atoms with Crippen molar-refractivity contribution < 1.29 is 14.6 Å². The maximum Gasteiger partial charge on any atom is 0.120 e. The summed E-state index contributed by atoms with van der Waals surface area (Å²) in [5.41, 5.74) is 1.79. The summed E-state index contributed by atoms with van der Waals surface area (Å²) in [5.74, 6) is 1.41. The first-order valence-electron chi connectivity index (χ1n) is 6.31. The molecule has 0 aliphatic heterocycles. The molecule has 0 saturated heterocycles. The molecule has 0 bridgehead atoms. The molecule has 1 unspecified atom stereocenters. The van der Waals surface area contributed by atoms with Gasteiger partial charge in [0.15, 0.2) is 0 Å². The fourth-order valence-corrected chi connectivity index (χ4v) is 2.15. The first-order chi connectivity index (χ1) is 9.60. The zero-order valence-corrected chi connectivity index (χ0v) is 12.2. The van der Waals surface area contributed by atoms with Crippen LogP contribution in [0.15, 0.2) is 42.5 Å². The van der Waals surface area contributed by atoms with Gasteiger partial charge in [-0.05, 0) is 48.4 Å². The third-order valence-electron chi connectivity index (χ3n) is 3.04. The number of benzene rings is 2. The Kier molecular flexibility index (Phi) is 4.88. The van der Waals surface area contributed by atoms with Crippen molar-refractivity contribution in [2.75, 3.05) is 13.7 Å². The monoisotopic (exact) mass is 292 g/mol. The Morgan fingerprint density at radius 3 is 2.60 bits per heavy atom. The predicted molar refractivity (Wildman–Crippen MR) is 79.6 cm³/mol. The van der Waals surface area contributed by atoms with Gasteiger partial charge in [0.1, 0.15) is 24.2 Å². The van der Waals surface area contributed by atoms with E-state index in [0.717, 1.165) is 16.9 Å². The number of rotatable bonds is 5. The molecule has 0 saturated carbocycles. The van der Waals surface area contributed by atoms with Gasteiger partial charge in [-0.15, -0.1) is 0 Å². The van der Waals surface area contributed by atoms with Crippen molar-refractivity contribution in [2.24, 2.45) is 0 Å². The molecule has 0 aliphatic rings.